The molecule has 2 heterocycles. The van der Waals surface area contributed by atoms with Crippen LogP contribution in [0.15, 0.2) is 11.6 Å². The van der Waals surface area contributed by atoms with E-state index in [9.17, 15) is 25.2 Å². The molecule has 0 amide bonds. The van der Waals surface area contributed by atoms with Gasteiger partial charge < -0.3 is 39.7 Å². The topological polar surface area (TPSA) is 146 Å². The van der Waals surface area contributed by atoms with Gasteiger partial charge in [0, 0.05) is 18.8 Å². The molecule has 5 N–H and O–H groups in total. The van der Waals surface area contributed by atoms with E-state index in [0.29, 0.717) is 48.3 Å². The third kappa shape index (κ3) is 4.72. The fraction of sp³-hybridized carbons (Fsp3) is 0.909. The maximum Gasteiger partial charge on any atom is 0.338 e. The predicted molar refractivity (Wildman–Crippen MR) is 153 cm³/mol. The molecule has 0 aromatic rings. The van der Waals surface area contributed by atoms with E-state index in [-0.39, 0.29) is 16.9 Å². The average molecular weight is 593 g/mol. The summed E-state index contributed by atoms with van der Waals surface area (Å²) in [7, 11) is 0. The molecule has 5 fully saturated rings. The van der Waals surface area contributed by atoms with Crippen molar-refractivity contribution < 1.29 is 44.5 Å². The number of ether oxygens (including phenoxy) is 3. The maximum absolute atomic E-state index is 12.6. The van der Waals surface area contributed by atoms with Gasteiger partial charge in [-0.25, -0.2) is 4.79 Å². The molecular weight excluding hydrogens is 540 g/mol. The van der Waals surface area contributed by atoms with Gasteiger partial charge in [-0.3, -0.25) is 0 Å². The number of hydrogen-bond donors (Lipinski definition) is 5. The van der Waals surface area contributed by atoms with E-state index < -0.39 is 48.9 Å². The van der Waals surface area contributed by atoms with Crippen LogP contribution in [0, 0.1) is 46.3 Å². The molecular formula is C33H52O9. The number of aliphatic hydroxyl groups excluding tert-OH is 5. The highest BCUT2D eigenvalue weighted by molar-refractivity contribution is 5.75. The molecule has 1 spiro atoms. The fourth-order valence-corrected chi connectivity index (χ4v) is 10.6. The molecule has 6 aliphatic rings. The summed E-state index contributed by atoms with van der Waals surface area (Å²) in [6.45, 7) is 9.57. The number of carbonyl (C=O) groups excluding carboxylic acids is 1. The number of aliphatic hydroxyl groups is 5. The first-order valence-corrected chi connectivity index (χ1v) is 16.4. The van der Waals surface area contributed by atoms with Crippen molar-refractivity contribution in [3.63, 3.8) is 0 Å². The summed E-state index contributed by atoms with van der Waals surface area (Å²) in [4.78, 5) is 12.6. The first-order chi connectivity index (χ1) is 19.8. The highest BCUT2D eigenvalue weighted by Crippen LogP contribution is 2.70. The van der Waals surface area contributed by atoms with Crippen molar-refractivity contribution in [2.24, 2.45) is 46.3 Å². The Hall–Kier alpha value is -1.07. The Kier molecular flexibility index (Phi) is 8.16. The van der Waals surface area contributed by atoms with Gasteiger partial charge in [0.2, 0.25) is 0 Å². The van der Waals surface area contributed by atoms with E-state index in [1.54, 1.807) is 0 Å². The minimum atomic E-state index is -2.01. The highest BCUT2D eigenvalue weighted by Gasteiger charge is 2.68. The summed E-state index contributed by atoms with van der Waals surface area (Å²) < 4.78 is 19.0. The molecule has 12 unspecified atom stereocenters. The predicted octanol–water partition coefficient (Wildman–Crippen LogP) is 2.70. The molecule has 0 radical (unpaired) electrons. The zero-order valence-corrected chi connectivity index (χ0v) is 25.7. The molecule has 9 heteroatoms. The van der Waals surface area contributed by atoms with Gasteiger partial charge in [-0.15, -0.1) is 0 Å². The van der Waals surface area contributed by atoms with Gasteiger partial charge in [-0.1, -0.05) is 39.3 Å². The van der Waals surface area contributed by atoms with Crippen LogP contribution in [0.1, 0.15) is 85.5 Å². The minimum absolute atomic E-state index is 0.0424. The van der Waals surface area contributed by atoms with Crippen LogP contribution in [-0.4, -0.2) is 87.1 Å². The van der Waals surface area contributed by atoms with Crippen LogP contribution in [-0.2, 0) is 19.0 Å². The quantitative estimate of drug-likeness (QED) is 0.232. The lowest BCUT2D eigenvalue weighted by Crippen LogP contribution is -2.53. The number of rotatable bonds is 6. The Morgan fingerprint density at radius 3 is 2.50 bits per heavy atom. The van der Waals surface area contributed by atoms with E-state index in [1.807, 2.05) is 0 Å². The number of esters is 1. The van der Waals surface area contributed by atoms with Crippen molar-refractivity contribution >= 4 is 5.97 Å². The molecule has 0 aromatic heterocycles. The van der Waals surface area contributed by atoms with E-state index in [2.05, 4.69) is 33.8 Å². The van der Waals surface area contributed by atoms with Crippen molar-refractivity contribution in [3.8, 4) is 0 Å². The molecule has 42 heavy (non-hydrogen) atoms. The summed E-state index contributed by atoms with van der Waals surface area (Å²) in [5, 5.41) is 48.8. The molecule has 9 nitrogen and oxygen atoms in total. The third-order valence-electron chi connectivity index (χ3n) is 13.1. The van der Waals surface area contributed by atoms with Gasteiger partial charge >= 0.3 is 5.97 Å². The van der Waals surface area contributed by atoms with E-state index in [4.69, 9.17) is 19.3 Å². The third-order valence-corrected chi connectivity index (χ3v) is 13.1. The summed E-state index contributed by atoms with van der Waals surface area (Å²) >= 11 is 0. The van der Waals surface area contributed by atoms with Crippen molar-refractivity contribution in [2.45, 2.75) is 128 Å². The largest absolute Gasteiger partial charge is 0.460 e. The second-order valence-electron chi connectivity index (χ2n) is 15.3. The minimum Gasteiger partial charge on any atom is -0.460 e. The molecule has 238 valence electrons. The van der Waals surface area contributed by atoms with E-state index in [1.165, 1.54) is 24.8 Å². The van der Waals surface area contributed by atoms with Gasteiger partial charge in [-0.05, 0) is 85.4 Å². The molecule has 0 aromatic carbocycles. The molecule has 6 rings (SSSR count). The molecule has 2 saturated heterocycles. The van der Waals surface area contributed by atoms with Crippen LogP contribution >= 0.6 is 0 Å². The number of allylic oxidation sites excluding steroid dienone is 1. The van der Waals surface area contributed by atoms with Crippen LogP contribution in [0.5, 0.6) is 0 Å². The second kappa shape index (κ2) is 11.1. The lowest BCUT2D eigenvalue weighted by atomic mass is 9.47. The maximum atomic E-state index is 12.6. The lowest BCUT2D eigenvalue weighted by Gasteiger charge is -2.58. The van der Waals surface area contributed by atoms with Gasteiger partial charge in [0.05, 0.1) is 19.3 Å². The van der Waals surface area contributed by atoms with Gasteiger partial charge in [0.15, 0.2) is 11.9 Å². The van der Waals surface area contributed by atoms with Crippen molar-refractivity contribution in [3.05, 3.63) is 11.6 Å². The first-order valence-electron chi connectivity index (χ1n) is 16.4. The number of hydrogen-bond acceptors (Lipinski definition) is 9. The summed E-state index contributed by atoms with van der Waals surface area (Å²) in [5.74, 6) is 1.92. The SMILES string of the molecule is C[C@@H]1CC[C@@]2(OC1)OC1CC3C4CC=C5CC(OC(=O)C(O)C(O)C(O)C(O)CO)CCC5(C)C4CCC3(C)C1[C@@H]2C. The van der Waals surface area contributed by atoms with Crippen LogP contribution in [0.2, 0.25) is 0 Å². The van der Waals surface area contributed by atoms with Gasteiger partial charge in [0.1, 0.15) is 24.4 Å². The van der Waals surface area contributed by atoms with Gasteiger partial charge in [-0.2, -0.15) is 0 Å². The first kappa shape index (κ1) is 30.9. The average Bonchev–Trinajstić information content (AvgIpc) is 3.42. The highest BCUT2D eigenvalue weighted by atomic mass is 16.7. The standard InChI is InChI=1S/C33H52O9/c1-17-7-12-33(40-16-17)18(2)26-25(42-33)14-23-21-6-5-19-13-20(8-10-31(19,3)22(21)9-11-32(23,26)4)41-30(39)29(38)28(37)27(36)24(35)15-34/h5,17-18,20-29,34-38H,6-16H2,1-4H3/t17-,18+,20?,21?,22?,23?,24?,25?,26?,27?,28?,29?,31?,32?,33-/m1/s1. The van der Waals surface area contributed by atoms with Crippen molar-refractivity contribution in [1.82, 2.24) is 0 Å². The zero-order valence-electron chi connectivity index (χ0n) is 25.7. The normalized spacial score (nSPS) is 49.1. The Labute approximate surface area is 249 Å². The summed E-state index contributed by atoms with van der Waals surface area (Å²) in [5.41, 5.74) is 1.62. The molecule has 15 atom stereocenters. The van der Waals surface area contributed by atoms with Crippen LogP contribution in [0.4, 0.5) is 0 Å². The Morgan fingerprint density at radius 2 is 1.81 bits per heavy atom. The number of carbonyl (C=O) groups is 1. The van der Waals surface area contributed by atoms with Crippen molar-refractivity contribution in [1.29, 1.82) is 0 Å². The monoisotopic (exact) mass is 592 g/mol. The molecule has 2 aliphatic heterocycles. The number of fused-ring (bicyclic) bond motifs is 7. The van der Waals surface area contributed by atoms with E-state index in [0.717, 1.165) is 32.3 Å². The molecule has 3 saturated carbocycles. The summed E-state index contributed by atoms with van der Waals surface area (Å²) in [6, 6.07) is 0. The fourth-order valence-electron chi connectivity index (χ4n) is 10.6. The van der Waals surface area contributed by atoms with Gasteiger partial charge in [0.25, 0.3) is 0 Å². The summed E-state index contributed by atoms with van der Waals surface area (Å²) in [6.07, 6.45) is 3.60. The molecule has 4 aliphatic carbocycles. The van der Waals surface area contributed by atoms with E-state index >= 15 is 0 Å². The molecule has 0 bridgehead atoms. The van der Waals surface area contributed by atoms with Crippen LogP contribution in [0.25, 0.3) is 0 Å². The Bertz CT molecular complexity index is 1050. The zero-order chi connectivity index (χ0) is 30.2. The second-order valence-corrected chi connectivity index (χ2v) is 15.3. The Balaban J connectivity index is 1.12. The van der Waals surface area contributed by atoms with Crippen LogP contribution in [0.3, 0.4) is 0 Å². The Morgan fingerprint density at radius 1 is 1.05 bits per heavy atom. The lowest BCUT2D eigenvalue weighted by molar-refractivity contribution is -0.272. The smallest absolute Gasteiger partial charge is 0.338 e. The van der Waals surface area contributed by atoms with Crippen LogP contribution < -0.4 is 0 Å². The van der Waals surface area contributed by atoms with Crippen molar-refractivity contribution in [2.75, 3.05) is 13.2 Å².